The van der Waals surface area contributed by atoms with E-state index in [2.05, 4.69) is 10.2 Å². The molecule has 1 N–H and O–H groups in total. The molecule has 27 heavy (non-hydrogen) atoms. The summed E-state index contributed by atoms with van der Waals surface area (Å²) in [7, 11) is -3.64. The Morgan fingerprint density at radius 3 is 2.52 bits per heavy atom. The fraction of sp³-hybridized carbons (Fsp3) is 0.316. The summed E-state index contributed by atoms with van der Waals surface area (Å²) in [5, 5.41) is 3.26. The number of hydrogen-bond donors (Lipinski definition) is 1. The van der Waals surface area contributed by atoms with Crippen molar-refractivity contribution in [3.63, 3.8) is 0 Å². The van der Waals surface area contributed by atoms with Crippen LogP contribution in [0.4, 0.5) is 17.1 Å². The molecule has 0 bridgehead atoms. The maximum atomic E-state index is 12.6. The molecule has 0 aromatic heterocycles. The Balaban J connectivity index is 1.80. The molecule has 0 aliphatic carbocycles. The molecule has 0 saturated carbocycles. The van der Waals surface area contributed by atoms with Crippen molar-refractivity contribution in [1.29, 1.82) is 0 Å². The lowest BCUT2D eigenvalue weighted by molar-refractivity contribution is -0.114. The average Bonchev–Trinajstić information content (AvgIpc) is 3.13. The van der Waals surface area contributed by atoms with Gasteiger partial charge in [0, 0.05) is 18.1 Å². The number of hydrogen-bond acceptors (Lipinski definition) is 4. The van der Waals surface area contributed by atoms with Crippen LogP contribution < -0.4 is 14.5 Å². The van der Waals surface area contributed by atoms with Crippen LogP contribution >= 0.6 is 11.6 Å². The molecule has 0 atom stereocenters. The third-order valence-corrected chi connectivity index (χ3v) is 5.78. The van der Waals surface area contributed by atoms with Crippen molar-refractivity contribution < 1.29 is 13.2 Å². The maximum absolute atomic E-state index is 12.6. The van der Waals surface area contributed by atoms with Gasteiger partial charge in [0.1, 0.15) is 6.54 Å². The SMILES string of the molecule is CS(=O)(=O)N(CC(=O)Nc1ccccc1N1CCCC1)c1cccc(Cl)c1. The molecular formula is C19H22ClN3O3S. The van der Waals surface area contributed by atoms with Crippen LogP contribution in [0.25, 0.3) is 0 Å². The minimum absolute atomic E-state index is 0.326. The molecule has 6 nitrogen and oxygen atoms in total. The number of sulfonamides is 1. The van der Waals surface area contributed by atoms with Gasteiger partial charge in [-0.15, -0.1) is 0 Å². The van der Waals surface area contributed by atoms with Crippen LogP contribution in [-0.2, 0) is 14.8 Å². The van der Waals surface area contributed by atoms with Crippen LogP contribution in [0.3, 0.4) is 0 Å². The Morgan fingerprint density at radius 2 is 1.85 bits per heavy atom. The van der Waals surface area contributed by atoms with E-state index < -0.39 is 15.9 Å². The van der Waals surface area contributed by atoms with Gasteiger partial charge in [-0.3, -0.25) is 9.10 Å². The van der Waals surface area contributed by atoms with Crippen LogP contribution in [0, 0.1) is 0 Å². The standard InChI is InChI=1S/C19H22ClN3O3S/c1-27(25,26)23(16-8-6-7-15(20)13-16)14-19(24)21-17-9-2-3-10-18(17)22-11-4-5-12-22/h2-3,6-10,13H,4-5,11-12,14H2,1H3,(H,21,24). The highest BCUT2D eigenvalue weighted by Gasteiger charge is 2.22. The predicted octanol–water partition coefficient (Wildman–Crippen LogP) is 3.34. The molecule has 1 aliphatic rings. The van der Waals surface area contributed by atoms with Gasteiger partial charge < -0.3 is 10.2 Å². The predicted molar refractivity (Wildman–Crippen MR) is 110 cm³/mol. The van der Waals surface area contributed by atoms with Crippen molar-refractivity contribution in [2.75, 3.05) is 40.4 Å². The highest BCUT2D eigenvalue weighted by molar-refractivity contribution is 7.92. The molecule has 1 saturated heterocycles. The van der Waals surface area contributed by atoms with E-state index in [1.54, 1.807) is 18.2 Å². The minimum Gasteiger partial charge on any atom is -0.370 e. The van der Waals surface area contributed by atoms with Crippen molar-refractivity contribution >= 4 is 44.6 Å². The molecule has 144 valence electrons. The molecule has 0 spiro atoms. The lowest BCUT2D eigenvalue weighted by Crippen LogP contribution is -2.37. The first kappa shape index (κ1) is 19.5. The third-order valence-electron chi connectivity index (χ3n) is 4.41. The molecule has 2 aromatic rings. The minimum atomic E-state index is -3.64. The number of anilines is 3. The zero-order chi connectivity index (χ0) is 19.4. The summed E-state index contributed by atoms with van der Waals surface area (Å²) >= 11 is 5.97. The molecule has 1 fully saturated rings. The Hall–Kier alpha value is -2.25. The number of nitrogens with zero attached hydrogens (tertiary/aromatic N) is 2. The highest BCUT2D eigenvalue weighted by Crippen LogP contribution is 2.29. The fourth-order valence-corrected chi connectivity index (χ4v) is 4.20. The van der Waals surface area contributed by atoms with Crippen LogP contribution in [0.15, 0.2) is 48.5 Å². The van der Waals surface area contributed by atoms with Crippen molar-refractivity contribution in [3.05, 3.63) is 53.6 Å². The van der Waals surface area contributed by atoms with Crippen molar-refractivity contribution in [2.24, 2.45) is 0 Å². The first-order chi connectivity index (χ1) is 12.8. The number of amides is 1. The summed E-state index contributed by atoms with van der Waals surface area (Å²) in [6.45, 7) is 1.57. The van der Waals surface area contributed by atoms with E-state index in [9.17, 15) is 13.2 Å². The monoisotopic (exact) mass is 407 g/mol. The van der Waals surface area contributed by atoms with Gasteiger partial charge in [0.15, 0.2) is 0 Å². The summed E-state index contributed by atoms with van der Waals surface area (Å²) in [5.41, 5.74) is 1.99. The molecule has 8 heteroatoms. The van der Waals surface area contributed by atoms with Gasteiger partial charge in [0.05, 0.1) is 23.3 Å². The van der Waals surface area contributed by atoms with E-state index in [0.717, 1.165) is 42.2 Å². The number of carbonyl (C=O) groups excluding carboxylic acids is 1. The molecule has 0 unspecified atom stereocenters. The third kappa shape index (κ3) is 4.93. The second-order valence-electron chi connectivity index (χ2n) is 6.51. The molecule has 1 heterocycles. The van der Waals surface area contributed by atoms with Gasteiger partial charge in [0.2, 0.25) is 15.9 Å². The van der Waals surface area contributed by atoms with E-state index in [-0.39, 0.29) is 6.54 Å². The Bertz CT molecular complexity index is 927. The summed E-state index contributed by atoms with van der Waals surface area (Å²) < 4.78 is 25.5. The molecule has 2 aromatic carbocycles. The van der Waals surface area contributed by atoms with Crippen LogP contribution in [0.5, 0.6) is 0 Å². The zero-order valence-corrected chi connectivity index (χ0v) is 16.6. The van der Waals surface area contributed by atoms with Crippen LogP contribution in [0.1, 0.15) is 12.8 Å². The second kappa shape index (κ2) is 8.19. The van der Waals surface area contributed by atoms with Crippen LogP contribution in [0.2, 0.25) is 5.02 Å². The second-order valence-corrected chi connectivity index (χ2v) is 8.85. The van der Waals surface area contributed by atoms with E-state index in [1.807, 2.05) is 24.3 Å². The Kier molecular flexibility index (Phi) is 5.92. The summed E-state index contributed by atoms with van der Waals surface area (Å²) in [6.07, 6.45) is 3.32. The topological polar surface area (TPSA) is 69.7 Å². The van der Waals surface area contributed by atoms with E-state index in [0.29, 0.717) is 16.4 Å². The summed E-state index contributed by atoms with van der Waals surface area (Å²) in [6, 6.07) is 14.0. The van der Waals surface area contributed by atoms with Crippen molar-refractivity contribution in [3.8, 4) is 0 Å². The van der Waals surface area contributed by atoms with Gasteiger partial charge in [-0.25, -0.2) is 8.42 Å². The number of para-hydroxylation sites is 2. The normalized spacial score (nSPS) is 14.2. The summed E-state index contributed by atoms with van der Waals surface area (Å²) in [4.78, 5) is 14.8. The molecule has 1 amide bonds. The maximum Gasteiger partial charge on any atom is 0.245 e. The fourth-order valence-electron chi connectivity index (χ4n) is 3.16. The smallest absolute Gasteiger partial charge is 0.245 e. The van der Waals surface area contributed by atoms with Crippen LogP contribution in [-0.4, -0.2) is 40.2 Å². The first-order valence-electron chi connectivity index (χ1n) is 8.72. The van der Waals surface area contributed by atoms with Gasteiger partial charge in [0.25, 0.3) is 0 Å². The lowest BCUT2D eigenvalue weighted by Gasteiger charge is -2.24. The Labute approximate surface area is 164 Å². The Morgan fingerprint density at radius 1 is 1.15 bits per heavy atom. The van der Waals surface area contributed by atoms with Gasteiger partial charge in [-0.2, -0.15) is 0 Å². The van der Waals surface area contributed by atoms with Crippen molar-refractivity contribution in [2.45, 2.75) is 12.8 Å². The first-order valence-corrected chi connectivity index (χ1v) is 10.9. The van der Waals surface area contributed by atoms with Crippen molar-refractivity contribution in [1.82, 2.24) is 0 Å². The number of nitrogens with one attached hydrogen (secondary N) is 1. The zero-order valence-electron chi connectivity index (χ0n) is 15.1. The largest absolute Gasteiger partial charge is 0.370 e. The van der Waals surface area contributed by atoms with E-state index in [4.69, 9.17) is 11.6 Å². The molecule has 0 radical (unpaired) electrons. The lowest BCUT2D eigenvalue weighted by atomic mass is 10.2. The number of carbonyl (C=O) groups is 1. The molecular weight excluding hydrogens is 386 g/mol. The van der Waals surface area contributed by atoms with Gasteiger partial charge in [-0.05, 0) is 43.2 Å². The number of rotatable bonds is 6. The van der Waals surface area contributed by atoms with Gasteiger partial charge in [-0.1, -0.05) is 29.8 Å². The average molecular weight is 408 g/mol. The highest BCUT2D eigenvalue weighted by atomic mass is 35.5. The summed E-state index contributed by atoms with van der Waals surface area (Å²) in [5.74, 6) is -0.410. The quantitative estimate of drug-likeness (QED) is 0.797. The number of benzene rings is 2. The van der Waals surface area contributed by atoms with E-state index >= 15 is 0 Å². The van der Waals surface area contributed by atoms with Gasteiger partial charge >= 0.3 is 0 Å². The molecule has 3 rings (SSSR count). The number of halogens is 1. The van der Waals surface area contributed by atoms with E-state index in [1.165, 1.54) is 6.07 Å². The molecule has 1 aliphatic heterocycles.